The number of ether oxygens (including phenoxy) is 1. The molecule has 0 spiro atoms. The summed E-state index contributed by atoms with van der Waals surface area (Å²) in [4.78, 5) is 21.8. The van der Waals surface area contributed by atoms with Crippen LogP contribution in [0.4, 0.5) is 0 Å². The summed E-state index contributed by atoms with van der Waals surface area (Å²) in [7, 11) is 1.39. The first-order valence-corrected chi connectivity index (χ1v) is 4.36. The van der Waals surface area contributed by atoms with Crippen molar-refractivity contribution < 1.29 is 24.5 Å². The summed E-state index contributed by atoms with van der Waals surface area (Å²) < 4.78 is 4.82. The third-order valence-corrected chi connectivity index (χ3v) is 2.32. The summed E-state index contributed by atoms with van der Waals surface area (Å²) in [6.07, 6.45) is 4.26. The second-order valence-corrected chi connectivity index (χ2v) is 3.43. The van der Waals surface area contributed by atoms with Crippen LogP contribution in [0.1, 0.15) is 6.42 Å². The van der Waals surface area contributed by atoms with Crippen molar-refractivity contribution in [3.05, 3.63) is 23.8 Å². The molecule has 0 saturated carbocycles. The number of hydrogen-bond donors (Lipinski definition) is 2. The predicted octanol–water partition coefficient (Wildman–Crippen LogP) is 0.675. The van der Waals surface area contributed by atoms with Crippen LogP contribution in [0.15, 0.2) is 23.8 Å². The Bertz CT molecular complexity index is 342. The monoisotopic (exact) mass is 212 g/mol. The Kier molecular flexibility index (Phi) is 3.26. The molecule has 5 nitrogen and oxygen atoms in total. The summed E-state index contributed by atoms with van der Waals surface area (Å²) in [5.74, 6) is -2.17. The molecule has 0 amide bonds. The van der Waals surface area contributed by atoms with Gasteiger partial charge in [-0.15, -0.1) is 0 Å². The van der Waals surface area contributed by atoms with Crippen LogP contribution in [-0.4, -0.2) is 35.9 Å². The van der Waals surface area contributed by atoms with Crippen LogP contribution in [0, 0.1) is 5.41 Å². The van der Waals surface area contributed by atoms with Gasteiger partial charge in [0, 0.05) is 19.1 Å². The van der Waals surface area contributed by atoms with Gasteiger partial charge in [-0.2, -0.15) is 0 Å². The fourth-order valence-electron chi connectivity index (χ4n) is 1.52. The standard InChI is InChI=1S/C10H12O5/c1-15-6-10(9(13)14)4-2-3-7(5-10)8(11)12/h2-4H,5-6H2,1H3,(H,11,12)(H,13,14). The van der Waals surface area contributed by atoms with Crippen LogP contribution >= 0.6 is 0 Å². The Hall–Kier alpha value is -1.62. The third kappa shape index (κ3) is 2.24. The zero-order valence-electron chi connectivity index (χ0n) is 8.27. The Labute approximate surface area is 86.7 Å². The minimum atomic E-state index is -1.25. The van der Waals surface area contributed by atoms with Gasteiger partial charge in [-0.1, -0.05) is 18.2 Å². The van der Waals surface area contributed by atoms with Crippen LogP contribution in [-0.2, 0) is 14.3 Å². The fraction of sp³-hybridized carbons (Fsp3) is 0.400. The maximum Gasteiger partial charge on any atom is 0.331 e. The minimum Gasteiger partial charge on any atom is -0.481 e. The number of allylic oxidation sites excluding steroid dienone is 2. The molecule has 0 heterocycles. The van der Waals surface area contributed by atoms with E-state index in [-0.39, 0.29) is 18.6 Å². The number of carboxylic acid groups (broad SMARTS) is 2. The molecule has 0 fully saturated rings. The van der Waals surface area contributed by atoms with Crippen LogP contribution in [0.5, 0.6) is 0 Å². The highest BCUT2D eigenvalue weighted by Crippen LogP contribution is 2.32. The molecule has 1 unspecified atom stereocenters. The number of rotatable bonds is 4. The van der Waals surface area contributed by atoms with E-state index in [0.717, 1.165) is 0 Å². The van der Waals surface area contributed by atoms with Crippen molar-refractivity contribution in [2.24, 2.45) is 5.41 Å². The average molecular weight is 212 g/mol. The lowest BCUT2D eigenvalue weighted by Crippen LogP contribution is -2.36. The van der Waals surface area contributed by atoms with E-state index in [1.54, 1.807) is 0 Å². The van der Waals surface area contributed by atoms with E-state index in [0.29, 0.717) is 0 Å². The first-order valence-electron chi connectivity index (χ1n) is 4.36. The first kappa shape index (κ1) is 11.5. The summed E-state index contributed by atoms with van der Waals surface area (Å²) in [5, 5.41) is 17.9. The summed E-state index contributed by atoms with van der Waals surface area (Å²) >= 11 is 0. The SMILES string of the molecule is COCC1(C(=O)O)C=CC=C(C(=O)O)C1. The van der Waals surface area contributed by atoms with E-state index in [2.05, 4.69) is 0 Å². The normalized spacial score (nSPS) is 24.7. The molecule has 0 radical (unpaired) electrons. The average Bonchev–Trinajstić information content (AvgIpc) is 2.18. The molecule has 0 bridgehead atoms. The molecular weight excluding hydrogens is 200 g/mol. The van der Waals surface area contributed by atoms with Gasteiger partial charge in [0.2, 0.25) is 0 Å². The number of methoxy groups -OCH3 is 1. The fourth-order valence-corrected chi connectivity index (χ4v) is 1.52. The number of hydrogen-bond acceptors (Lipinski definition) is 3. The highest BCUT2D eigenvalue weighted by Gasteiger charge is 2.39. The van der Waals surface area contributed by atoms with E-state index < -0.39 is 17.4 Å². The van der Waals surface area contributed by atoms with Crippen LogP contribution in [0.3, 0.4) is 0 Å². The maximum absolute atomic E-state index is 11.1. The molecular formula is C10H12O5. The van der Waals surface area contributed by atoms with Gasteiger partial charge in [0.25, 0.3) is 0 Å². The first-order chi connectivity index (χ1) is 7.02. The molecule has 5 heteroatoms. The smallest absolute Gasteiger partial charge is 0.331 e. The molecule has 1 rings (SSSR count). The maximum atomic E-state index is 11.1. The minimum absolute atomic E-state index is 0.0382. The molecule has 1 atom stereocenters. The van der Waals surface area contributed by atoms with Crippen molar-refractivity contribution >= 4 is 11.9 Å². The molecule has 0 aromatic heterocycles. The van der Waals surface area contributed by atoms with Crippen molar-refractivity contribution in [2.45, 2.75) is 6.42 Å². The van der Waals surface area contributed by atoms with Gasteiger partial charge < -0.3 is 14.9 Å². The second kappa shape index (κ2) is 4.27. The van der Waals surface area contributed by atoms with Crippen molar-refractivity contribution in [1.82, 2.24) is 0 Å². The Balaban J connectivity index is 2.96. The van der Waals surface area contributed by atoms with E-state index in [1.807, 2.05) is 0 Å². The van der Waals surface area contributed by atoms with Gasteiger partial charge in [-0.05, 0) is 0 Å². The molecule has 0 saturated heterocycles. The summed E-state index contributed by atoms with van der Waals surface area (Å²) in [5.41, 5.74) is -1.17. The topological polar surface area (TPSA) is 83.8 Å². The third-order valence-electron chi connectivity index (χ3n) is 2.32. The molecule has 82 valence electrons. The van der Waals surface area contributed by atoms with Crippen LogP contribution in [0.2, 0.25) is 0 Å². The van der Waals surface area contributed by atoms with Crippen molar-refractivity contribution in [3.8, 4) is 0 Å². The number of carboxylic acids is 2. The highest BCUT2D eigenvalue weighted by molar-refractivity contribution is 5.90. The van der Waals surface area contributed by atoms with Crippen molar-refractivity contribution in [2.75, 3.05) is 13.7 Å². The van der Waals surface area contributed by atoms with Crippen molar-refractivity contribution in [1.29, 1.82) is 0 Å². The Morgan fingerprint density at radius 3 is 2.67 bits per heavy atom. The molecule has 2 N–H and O–H groups in total. The molecule has 1 aliphatic rings. The quantitative estimate of drug-likeness (QED) is 0.715. The number of aliphatic carboxylic acids is 2. The predicted molar refractivity (Wildman–Crippen MR) is 51.4 cm³/mol. The van der Waals surface area contributed by atoms with Gasteiger partial charge in [0.15, 0.2) is 0 Å². The zero-order chi connectivity index (χ0) is 11.5. The lowest BCUT2D eigenvalue weighted by atomic mass is 9.79. The zero-order valence-corrected chi connectivity index (χ0v) is 8.27. The van der Waals surface area contributed by atoms with Crippen LogP contribution in [0.25, 0.3) is 0 Å². The summed E-state index contributed by atoms with van der Waals surface area (Å²) in [6, 6.07) is 0. The van der Waals surface area contributed by atoms with Crippen LogP contribution < -0.4 is 0 Å². The second-order valence-electron chi connectivity index (χ2n) is 3.43. The lowest BCUT2D eigenvalue weighted by Gasteiger charge is -2.27. The highest BCUT2D eigenvalue weighted by atomic mass is 16.5. The van der Waals surface area contributed by atoms with E-state index in [4.69, 9.17) is 14.9 Å². The lowest BCUT2D eigenvalue weighted by molar-refractivity contribution is -0.149. The molecule has 1 aliphatic carbocycles. The van der Waals surface area contributed by atoms with E-state index in [9.17, 15) is 9.59 Å². The molecule has 15 heavy (non-hydrogen) atoms. The van der Waals surface area contributed by atoms with Gasteiger partial charge in [-0.25, -0.2) is 4.79 Å². The van der Waals surface area contributed by atoms with Gasteiger partial charge >= 0.3 is 11.9 Å². The van der Waals surface area contributed by atoms with E-state index >= 15 is 0 Å². The van der Waals surface area contributed by atoms with Gasteiger partial charge in [0.05, 0.1) is 6.61 Å². The number of carbonyl (C=O) groups is 2. The summed E-state index contributed by atoms with van der Waals surface area (Å²) in [6.45, 7) is -0.0382. The van der Waals surface area contributed by atoms with E-state index in [1.165, 1.54) is 25.3 Å². The van der Waals surface area contributed by atoms with Gasteiger partial charge in [0.1, 0.15) is 5.41 Å². The Morgan fingerprint density at radius 1 is 1.53 bits per heavy atom. The van der Waals surface area contributed by atoms with Crippen molar-refractivity contribution in [3.63, 3.8) is 0 Å². The molecule has 0 aromatic carbocycles. The largest absolute Gasteiger partial charge is 0.481 e. The molecule has 0 aliphatic heterocycles. The molecule has 0 aromatic rings. The Morgan fingerprint density at radius 2 is 2.20 bits per heavy atom. The van der Waals surface area contributed by atoms with Gasteiger partial charge in [-0.3, -0.25) is 4.79 Å².